The number of hydrogen-bond acceptors (Lipinski definition) is 3. The highest BCUT2D eigenvalue weighted by molar-refractivity contribution is 7.89. The number of halogens is 1. The van der Waals surface area contributed by atoms with Crippen LogP contribution in [0.5, 0.6) is 0 Å². The molecule has 2 N–H and O–H groups in total. The third-order valence-electron chi connectivity index (χ3n) is 2.82. The number of aliphatic hydroxyl groups is 1. The van der Waals surface area contributed by atoms with E-state index in [-0.39, 0.29) is 10.5 Å². The lowest BCUT2D eigenvalue weighted by atomic mass is 10.0. The Morgan fingerprint density at radius 2 is 2.05 bits per heavy atom. The molecule has 6 heteroatoms. The molecule has 1 aromatic rings. The van der Waals surface area contributed by atoms with Gasteiger partial charge in [-0.05, 0) is 38.5 Å². The summed E-state index contributed by atoms with van der Waals surface area (Å²) >= 11 is 0. The van der Waals surface area contributed by atoms with Crippen molar-refractivity contribution in [2.24, 2.45) is 0 Å². The zero-order valence-corrected chi connectivity index (χ0v) is 13.2. The number of aliphatic hydroxyl groups excluding tert-OH is 1. The van der Waals surface area contributed by atoms with Crippen LogP contribution >= 0.6 is 0 Å². The Morgan fingerprint density at radius 3 is 2.62 bits per heavy atom. The van der Waals surface area contributed by atoms with E-state index in [1.54, 1.807) is 13.8 Å². The van der Waals surface area contributed by atoms with Gasteiger partial charge >= 0.3 is 0 Å². The van der Waals surface area contributed by atoms with Crippen molar-refractivity contribution in [2.75, 3.05) is 6.61 Å². The largest absolute Gasteiger partial charge is 0.384 e. The molecule has 0 unspecified atom stereocenters. The summed E-state index contributed by atoms with van der Waals surface area (Å²) in [5.41, 5.74) is -0.576. The Hall–Kier alpha value is -1.42. The Labute approximate surface area is 125 Å². The first-order valence-electron chi connectivity index (χ1n) is 6.65. The van der Waals surface area contributed by atoms with Crippen molar-refractivity contribution in [1.29, 1.82) is 0 Å². The highest BCUT2D eigenvalue weighted by atomic mass is 32.2. The first-order valence-corrected chi connectivity index (χ1v) is 8.13. The summed E-state index contributed by atoms with van der Waals surface area (Å²) in [6.45, 7) is 5.12. The normalized spacial score (nSPS) is 11.9. The summed E-state index contributed by atoms with van der Waals surface area (Å²) < 4.78 is 40.8. The molecule has 0 atom stereocenters. The predicted molar refractivity (Wildman–Crippen MR) is 79.7 cm³/mol. The van der Waals surface area contributed by atoms with Crippen molar-refractivity contribution < 1.29 is 17.9 Å². The van der Waals surface area contributed by atoms with Gasteiger partial charge in [0.15, 0.2) is 0 Å². The Balaban J connectivity index is 3.25. The Morgan fingerprint density at radius 1 is 1.38 bits per heavy atom. The van der Waals surface area contributed by atoms with Crippen LogP contribution in [0.15, 0.2) is 23.1 Å². The van der Waals surface area contributed by atoms with Crippen LogP contribution < -0.4 is 4.72 Å². The average molecular weight is 313 g/mol. The molecule has 0 fully saturated rings. The van der Waals surface area contributed by atoms with Crippen LogP contribution in [0.3, 0.4) is 0 Å². The minimum absolute atomic E-state index is 0.0313. The van der Waals surface area contributed by atoms with Gasteiger partial charge in [0.05, 0.1) is 4.90 Å². The van der Waals surface area contributed by atoms with Gasteiger partial charge in [-0.1, -0.05) is 25.2 Å². The second kappa shape index (κ2) is 7.03. The molecule has 4 nitrogen and oxygen atoms in total. The van der Waals surface area contributed by atoms with Crippen molar-refractivity contribution in [3.8, 4) is 11.8 Å². The third-order valence-corrected chi connectivity index (χ3v) is 4.58. The minimum atomic E-state index is -3.82. The molecule has 0 amide bonds. The topological polar surface area (TPSA) is 66.4 Å². The molecule has 0 aliphatic rings. The van der Waals surface area contributed by atoms with Crippen LogP contribution in [0, 0.1) is 17.7 Å². The summed E-state index contributed by atoms with van der Waals surface area (Å²) in [6, 6.07) is 3.30. The second-order valence-electron chi connectivity index (χ2n) is 5.34. The number of rotatable bonds is 5. The van der Waals surface area contributed by atoms with Gasteiger partial charge in [-0.25, -0.2) is 17.5 Å². The van der Waals surface area contributed by atoms with E-state index < -0.39 is 28.0 Å². The molecule has 0 heterocycles. The quantitative estimate of drug-likeness (QED) is 0.817. The highest BCUT2D eigenvalue weighted by Crippen LogP contribution is 2.20. The number of nitrogens with one attached hydrogen (secondary N) is 1. The first-order chi connectivity index (χ1) is 9.72. The molecule has 1 rings (SSSR count). The van der Waals surface area contributed by atoms with Crippen LogP contribution in [0.4, 0.5) is 4.39 Å². The fourth-order valence-electron chi connectivity index (χ4n) is 2.06. The lowest BCUT2D eigenvalue weighted by Gasteiger charge is -2.25. The van der Waals surface area contributed by atoms with E-state index in [0.29, 0.717) is 6.42 Å². The monoisotopic (exact) mass is 313 g/mol. The molecular weight excluding hydrogens is 293 g/mol. The molecule has 0 bridgehead atoms. The zero-order chi connectivity index (χ0) is 16.1. The summed E-state index contributed by atoms with van der Waals surface area (Å²) in [7, 11) is -3.82. The summed E-state index contributed by atoms with van der Waals surface area (Å²) in [5, 5.41) is 8.71. The van der Waals surface area contributed by atoms with E-state index >= 15 is 0 Å². The van der Waals surface area contributed by atoms with Gasteiger partial charge in [-0.3, -0.25) is 0 Å². The molecule has 0 saturated carbocycles. The first kappa shape index (κ1) is 17.6. The average Bonchev–Trinajstić information content (AvgIpc) is 2.34. The standard InChI is InChI=1S/C15H20FNO3S/c1-4-9-15(2,3)17-21(19,20)14-8-7-13(16)11-12(14)6-5-10-18/h7-8,11,17-18H,4,9-10H2,1-3H3. The van der Waals surface area contributed by atoms with Gasteiger partial charge in [0.2, 0.25) is 10.0 Å². The molecule has 0 aromatic heterocycles. The zero-order valence-electron chi connectivity index (χ0n) is 12.4. The summed E-state index contributed by atoms with van der Waals surface area (Å²) in [5.74, 6) is 4.23. The molecule has 0 aliphatic carbocycles. The fraction of sp³-hybridized carbons (Fsp3) is 0.467. The van der Waals surface area contributed by atoms with E-state index in [9.17, 15) is 12.8 Å². The number of sulfonamides is 1. The van der Waals surface area contributed by atoms with E-state index in [2.05, 4.69) is 16.6 Å². The lowest BCUT2D eigenvalue weighted by Crippen LogP contribution is -2.43. The van der Waals surface area contributed by atoms with E-state index in [1.807, 2.05) is 6.92 Å². The van der Waals surface area contributed by atoms with Gasteiger partial charge in [0.25, 0.3) is 0 Å². The van der Waals surface area contributed by atoms with Crippen LogP contribution in [0.1, 0.15) is 39.2 Å². The SMILES string of the molecule is CCCC(C)(C)NS(=O)(=O)c1ccc(F)cc1C#CCO. The lowest BCUT2D eigenvalue weighted by molar-refractivity contribution is 0.350. The Kier molecular flexibility index (Phi) is 5.90. The van der Waals surface area contributed by atoms with Crippen molar-refractivity contribution in [1.82, 2.24) is 4.72 Å². The highest BCUT2D eigenvalue weighted by Gasteiger charge is 2.27. The van der Waals surface area contributed by atoms with Crippen molar-refractivity contribution >= 4 is 10.0 Å². The van der Waals surface area contributed by atoms with Gasteiger partial charge in [-0.2, -0.15) is 0 Å². The van der Waals surface area contributed by atoms with Crippen LogP contribution in [-0.4, -0.2) is 25.7 Å². The van der Waals surface area contributed by atoms with E-state index in [4.69, 9.17) is 5.11 Å². The molecule has 0 radical (unpaired) electrons. The minimum Gasteiger partial charge on any atom is -0.384 e. The predicted octanol–water partition coefficient (Wildman–Crippen LogP) is 2.03. The molecule has 0 saturated heterocycles. The smallest absolute Gasteiger partial charge is 0.242 e. The van der Waals surface area contributed by atoms with Crippen molar-refractivity contribution in [2.45, 2.75) is 44.0 Å². The summed E-state index contributed by atoms with van der Waals surface area (Å²) in [4.78, 5) is -0.0889. The van der Waals surface area contributed by atoms with Gasteiger partial charge in [-0.15, -0.1) is 0 Å². The maximum Gasteiger partial charge on any atom is 0.242 e. The van der Waals surface area contributed by atoms with Crippen molar-refractivity contribution in [3.63, 3.8) is 0 Å². The Bertz CT molecular complexity index is 657. The molecule has 21 heavy (non-hydrogen) atoms. The van der Waals surface area contributed by atoms with Crippen LogP contribution in [0.25, 0.3) is 0 Å². The second-order valence-corrected chi connectivity index (χ2v) is 6.99. The summed E-state index contributed by atoms with van der Waals surface area (Å²) in [6.07, 6.45) is 1.50. The molecule has 0 spiro atoms. The number of hydrogen-bond donors (Lipinski definition) is 2. The molecule has 0 aliphatic heterocycles. The fourth-order valence-corrected chi connectivity index (χ4v) is 3.65. The third kappa shape index (κ3) is 5.12. The van der Waals surface area contributed by atoms with Gasteiger partial charge < -0.3 is 5.11 Å². The van der Waals surface area contributed by atoms with Crippen molar-refractivity contribution in [3.05, 3.63) is 29.6 Å². The maximum absolute atomic E-state index is 13.3. The number of benzene rings is 1. The molecular formula is C15H20FNO3S. The van der Waals surface area contributed by atoms with Crippen LogP contribution in [-0.2, 0) is 10.0 Å². The van der Waals surface area contributed by atoms with E-state index in [1.165, 1.54) is 6.07 Å². The molecule has 116 valence electrons. The van der Waals surface area contributed by atoms with Crippen LogP contribution in [0.2, 0.25) is 0 Å². The van der Waals surface area contributed by atoms with Gasteiger partial charge in [0.1, 0.15) is 12.4 Å². The molecule has 1 aromatic carbocycles. The van der Waals surface area contributed by atoms with E-state index in [0.717, 1.165) is 18.6 Å². The maximum atomic E-state index is 13.3. The van der Waals surface area contributed by atoms with Gasteiger partial charge in [0, 0.05) is 11.1 Å².